The molecule has 2 atom stereocenters. The quantitative estimate of drug-likeness (QED) is 0.861. The van der Waals surface area contributed by atoms with E-state index in [2.05, 4.69) is 10.2 Å². The fraction of sp³-hybridized carbons (Fsp3) is 0.409. The van der Waals surface area contributed by atoms with E-state index in [1.165, 1.54) is 6.07 Å². The molecule has 1 saturated heterocycles. The topological polar surface area (TPSA) is 41.6 Å². The molecule has 2 aromatic carbocycles. The summed E-state index contributed by atoms with van der Waals surface area (Å²) in [5, 5.41) is 2.93. The standard InChI is InChI=1S/C22H25FN2O2/c1-15-12-17-14-19(7-8-20(17)24-22(15)26)27-11-10-25-9-3-6-21(25)16-4-2-5-18(23)13-16/h2,4-5,7-8,13-15,21H,3,6,9-12H2,1H3,(H,24,26). The lowest BCUT2D eigenvalue weighted by atomic mass is 9.95. The van der Waals surface area contributed by atoms with Crippen LogP contribution in [-0.4, -0.2) is 30.5 Å². The lowest BCUT2D eigenvalue weighted by Gasteiger charge is -2.25. The first-order valence-corrected chi connectivity index (χ1v) is 9.66. The second-order valence-corrected chi connectivity index (χ2v) is 7.51. The molecule has 0 bridgehead atoms. The zero-order chi connectivity index (χ0) is 18.8. The number of fused-ring (bicyclic) bond motifs is 1. The summed E-state index contributed by atoms with van der Waals surface area (Å²) < 4.78 is 19.5. The number of ether oxygens (including phenoxy) is 1. The summed E-state index contributed by atoms with van der Waals surface area (Å²) in [6, 6.07) is 13.0. The summed E-state index contributed by atoms with van der Waals surface area (Å²) >= 11 is 0. The molecule has 2 aromatic rings. The normalized spacial score (nSPS) is 22.4. The molecule has 4 nitrogen and oxygen atoms in total. The van der Waals surface area contributed by atoms with Gasteiger partial charge in [-0.2, -0.15) is 0 Å². The van der Waals surface area contributed by atoms with Crippen LogP contribution in [-0.2, 0) is 11.2 Å². The molecular formula is C22H25FN2O2. The van der Waals surface area contributed by atoms with Gasteiger partial charge in [0.2, 0.25) is 5.91 Å². The molecule has 0 aliphatic carbocycles. The Kier molecular flexibility index (Phi) is 5.12. The van der Waals surface area contributed by atoms with E-state index in [-0.39, 0.29) is 23.7 Å². The van der Waals surface area contributed by atoms with Gasteiger partial charge in [-0.05, 0) is 67.3 Å². The smallest absolute Gasteiger partial charge is 0.227 e. The monoisotopic (exact) mass is 368 g/mol. The van der Waals surface area contributed by atoms with E-state index in [1.807, 2.05) is 31.2 Å². The third-order valence-electron chi connectivity index (χ3n) is 5.55. The van der Waals surface area contributed by atoms with Crippen molar-refractivity contribution in [3.05, 3.63) is 59.4 Å². The van der Waals surface area contributed by atoms with Gasteiger partial charge in [-0.1, -0.05) is 19.1 Å². The highest BCUT2D eigenvalue weighted by atomic mass is 19.1. The number of benzene rings is 2. The Bertz CT molecular complexity index is 839. The van der Waals surface area contributed by atoms with Crippen LogP contribution >= 0.6 is 0 Å². The molecule has 2 aliphatic heterocycles. The van der Waals surface area contributed by atoms with Gasteiger partial charge < -0.3 is 10.1 Å². The van der Waals surface area contributed by atoms with Crippen molar-refractivity contribution >= 4 is 11.6 Å². The van der Waals surface area contributed by atoms with Crippen LogP contribution in [0.1, 0.15) is 36.9 Å². The molecule has 2 aliphatic rings. The van der Waals surface area contributed by atoms with Crippen LogP contribution in [0.5, 0.6) is 5.75 Å². The van der Waals surface area contributed by atoms with Crippen molar-refractivity contribution in [2.45, 2.75) is 32.2 Å². The van der Waals surface area contributed by atoms with E-state index < -0.39 is 0 Å². The molecule has 1 N–H and O–H groups in total. The minimum Gasteiger partial charge on any atom is -0.492 e. The van der Waals surface area contributed by atoms with E-state index in [0.717, 1.165) is 54.9 Å². The molecule has 4 rings (SSSR count). The summed E-state index contributed by atoms with van der Waals surface area (Å²) in [4.78, 5) is 14.1. The predicted molar refractivity (Wildman–Crippen MR) is 103 cm³/mol. The third-order valence-corrected chi connectivity index (χ3v) is 5.55. The van der Waals surface area contributed by atoms with E-state index in [1.54, 1.807) is 12.1 Å². The Morgan fingerprint density at radius 3 is 3.00 bits per heavy atom. The van der Waals surface area contributed by atoms with Crippen LogP contribution in [0.3, 0.4) is 0 Å². The molecule has 27 heavy (non-hydrogen) atoms. The maximum Gasteiger partial charge on any atom is 0.227 e. The number of carbonyl (C=O) groups is 1. The molecule has 0 spiro atoms. The summed E-state index contributed by atoms with van der Waals surface area (Å²) in [5.41, 5.74) is 3.06. The van der Waals surface area contributed by atoms with Gasteiger partial charge in [0.15, 0.2) is 0 Å². The van der Waals surface area contributed by atoms with Gasteiger partial charge in [-0.3, -0.25) is 9.69 Å². The zero-order valence-corrected chi connectivity index (χ0v) is 15.6. The second kappa shape index (κ2) is 7.69. The molecule has 0 saturated carbocycles. The first-order valence-electron chi connectivity index (χ1n) is 9.66. The van der Waals surface area contributed by atoms with Gasteiger partial charge in [0.1, 0.15) is 18.2 Å². The van der Waals surface area contributed by atoms with Crippen molar-refractivity contribution in [1.82, 2.24) is 4.90 Å². The molecule has 2 unspecified atom stereocenters. The van der Waals surface area contributed by atoms with E-state index >= 15 is 0 Å². The predicted octanol–water partition coefficient (Wildman–Crippen LogP) is 4.17. The number of carbonyl (C=O) groups excluding carboxylic acids is 1. The van der Waals surface area contributed by atoms with Crippen molar-refractivity contribution in [2.75, 3.05) is 25.0 Å². The first-order chi connectivity index (χ1) is 13.1. The van der Waals surface area contributed by atoms with Gasteiger partial charge >= 0.3 is 0 Å². The van der Waals surface area contributed by atoms with Gasteiger partial charge in [-0.15, -0.1) is 0 Å². The van der Waals surface area contributed by atoms with E-state index in [4.69, 9.17) is 4.74 Å². The zero-order valence-electron chi connectivity index (χ0n) is 15.6. The number of hydrogen-bond acceptors (Lipinski definition) is 3. The van der Waals surface area contributed by atoms with Crippen LogP contribution in [0.4, 0.5) is 10.1 Å². The Labute approximate surface area is 159 Å². The molecule has 0 radical (unpaired) electrons. The SMILES string of the molecule is CC1Cc2cc(OCCN3CCCC3c3cccc(F)c3)ccc2NC1=O. The Hall–Kier alpha value is -2.40. The first kappa shape index (κ1) is 18.0. The van der Waals surface area contributed by atoms with Crippen molar-refractivity contribution in [3.8, 4) is 5.75 Å². The van der Waals surface area contributed by atoms with Crippen LogP contribution in [0, 0.1) is 11.7 Å². The highest BCUT2D eigenvalue weighted by molar-refractivity contribution is 5.95. The number of nitrogens with one attached hydrogen (secondary N) is 1. The number of rotatable bonds is 5. The molecule has 1 amide bonds. The van der Waals surface area contributed by atoms with Crippen LogP contribution in [0.25, 0.3) is 0 Å². The van der Waals surface area contributed by atoms with Crippen molar-refractivity contribution in [1.29, 1.82) is 0 Å². The van der Waals surface area contributed by atoms with Crippen LogP contribution < -0.4 is 10.1 Å². The minimum atomic E-state index is -0.175. The summed E-state index contributed by atoms with van der Waals surface area (Å²) in [6.07, 6.45) is 2.92. The van der Waals surface area contributed by atoms with Gasteiger partial charge in [0.25, 0.3) is 0 Å². The molecule has 5 heteroatoms. The molecule has 2 heterocycles. The highest BCUT2D eigenvalue weighted by Crippen LogP contribution is 2.32. The summed E-state index contributed by atoms with van der Waals surface area (Å²) in [7, 11) is 0. The second-order valence-electron chi connectivity index (χ2n) is 7.51. The molecular weight excluding hydrogens is 343 g/mol. The maximum atomic E-state index is 13.5. The van der Waals surface area contributed by atoms with E-state index in [0.29, 0.717) is 6.61 Å². The lowest BCUT2D eigenvalue weighted by molar-refractivity contribution is -0.119. The van der Waals surface area contributed by atoms with Crippen LogP contribution in [0.2, 0.25) is 0 Å². The largest absolute Gasteiger partial charge is 0.492 e. The fourth-order valence-electron chi connectivity index (χ4n) is 4.10. The fourth-order valence-corrected chi connectivity index (χ4v) is 4.10. The Morgan fingerprint density at radius 1 is 1.26 bits per heavy atom. The molecule has 0 aromatic heterocycles. The summed E-state index contributed by atoms with van der Waals surface area (Å²) in [6.45, 7) is 4.35. The number of hydrogen-bond donors (Lipinski definition) is 1. The number of nitrogens with zero attached hydrogens (tertiary/aromatic N) is 1. The average molecular weight is 368 g/mol. The van der Waals surface area contributed by atoms with Crippen molar-refractivity contribution in [2.24, 2.45) is 5.92 Å². The van der Waals surface area contributed by atoms with Gasteiger partial charge in [0, 0.05) is 24.2 Å². The van der Waals surface area contributed by atoms with Gasteiger partial charge in [0.05, 0.1) is 0 Å². The maximum absolute atomic E-state index is 13.5. The number of amides is 1. The minimum absolute atomic E-state index is 0.00984. The van der Waals surface area contributed by atoms with Crippen LogP contribution in [0.15, 0.2) is 42.5 Å². The highest BCUT2D eigenvalue weighted by Gasteiger charge is 2.26. The Morgan fingerprint density at radius 2 is 2.15 bits per heavy atom. The van der Waals surface area contributed by atoms with Gasteiger partial charge in [-0.25, -0.2) is 4.39 Å². The third kappa shape index (κ3) is 3.98. The molecule has 1 fully saturated rings. The van der Waals surface area contributed by atoms with Crippen molar-refractivity contribution < 1.29 is 13.9 Å². The van der Waals surface area contributed by atoms with E-state index in [9.17, 15) is 9.18 Å². The summed E-state index contributed by atoms with van der Waals surface area (Å²) in [5.74, 6) is 0.725. The Balaban J connectivity index is 1.36. The number of halogens is 1. The number of likely N-dealkylation sites (tertiary alicyclic amines) is 1. The van der Waals surface area contributed by atoms with Crippen molar-refractivity contribution in [3.63, 3.8) is 0 Å². The lowest BCUT2D eigenvalue weighted by Crippen LogP contribution is -2.28. The number of anilines is 1. The average Bonchev–Trinajstić information content (AvgIpc) is 3.11. The molecule has 142 valence electrons.